The number of nitrogens with one attached hydrogen (secondary N) is 1. The maximum Gasteiger partial charge on any atom is 0.409 e. The van der Waals surface area contributed by atoms with Gasteiger partial charge in [0.25, 0.3) is 0 Å². The van der Waals surface area contributed by atoms with Gasteiger partial charge in [-0.2, -0.15) is 0 Å². The van der Waals surface area contributed by atoms with Crippen LogP contribution in [0.3, 0.4) is 0 Å². The normalized spacial score (nSPS) is 22.6. The molecule has 20 heavy (non-hydrogen) atoms. The molecular weight excluding hydrogens is 256 g/mol. The van der Waals surface area contributed by atoms with Gasteiger partial charge in [-0.15, -0.1) is 0 Å². The minimum atomic E-state index is -0.558. The Morgan fingerprint density at radius 2 is 2.20 bits per heavy atom. The van der Waals surface area contributed by atoms with Gasteiger partial charge in [-0.1, -0.05) is 30.3 Å². The number of hydrogen-bond donors (Lipinski definition) is 2. The number of ether oxygens (including phenoxy) is 1. The number of piperidine rings is 1. The Morgan fingerprint density at radius 3 is 2.85 bits per heavy atom. The molecule has 110 valence electrons. The molecule has 1 heterocycles. The van der Waals surface area contributed by atoms with Crippen LogP contribution in [0.5, 0.6) is 0 Å². The van der Waals surface area contributed by atoms with Crippen molar-refractivity contribution in [3.8, 4) is 0 Å². The first kappa shape index (κ1) is 14.8. The summed E-state index contributed by atoms with van der Waals surface area (Å²) in [6.45, 7) is 3.80. The summed E-state index contributed by atoms with van der Waals surface area (Å²) in [5.41, 5.74) is 1.19. The Hall–Kier alpha value is -1.59. The van der Waals surface area contributed by atoms with Gasteiger partial charge in [-0.25, -0.2) is 4.79 Å². The van der Waals surface area contributed by atoms with Gasteiger partial charge in [0.05, 0.1) is 19.3 Å². The number of aliphatic hydroxyl groups excluding tert-OH is 1. The van der Waals surface area contributed by atoms with E-state index >= 15 is 0 Å². The lowest BCUT2D eigenvalue weighted by molar-refractivity contribution is 0.0306. The van der Waals surface area contributed by atoms with Crippen LogP contribution in [-0.4, -0.2) is 47.9 Å². The molecule has 0 radical (unpaired) electrons. The first-order chi connectivity index (χ1) is 9.70. The van der Waals surface area contributed by atoms with Crippen LogP contribution in [0.25, 0.3) is 0 Å². The van der Waals surface area contributed by atoms with E-state index in [1.165, 1.54) is 5.56 Å². The van der Waals surface area contributed by atoms with Crippen molar-refractivity contribution in [2.75, 3.05) is 19.7 Å². The lowest BCUT2D eigenvalue weighted by Gasteiger charge is -2.35. The third-order valence-corrected chi connectivity index (χ3v) is 3.52. The highest BCUT2D eigenvalue weighted by molar-refractivity contribution is 5.67. The van der Waals surface area contributed by atoms with Crippen molar-refractivity contribution in [2.45, 2.75) is 32.0 Å². The highest BCUT2D eigenvalue weighted by Gasteiger charge is 2.30. The zero-order valence-electron chi connectivity index (χ0n) is 11.8. The lowest BCUT2D eigenvalue weighted by atomic mass is 10.0. The number of carbonyl (C=O) groups excluding carboxylic acids is 1. The molecule has 2 atom stereocenters. The zero-order valence-corrected chi connectivity index (χ0v) is 11.8. The third-order valence-electron chi connectivity index (χ3n) is 3.52. The fraction of sp³-hybridized carbons (Fsp3) is 0.533. The van der Waals surface area contributed by atoms with Gasteiger partial charge in [0, 0.05) is 19.1 Å². The van der Waals surface area contributed by atoms with Crippen molar-refractivity contribution >= 4 is 6.09 Å². The average molecular weight is 278 g/mol. The fourth-order valence-corrected chi connectivity index (χ4v) is 2.40. The van der Waals surface area contributed by atoms with Gasteiger partial charge in [-0.3, -0.25) is 0 Å². The van der Waals surface area contributed by atoms with E-state index in [-0.39, 0.29) is 12.1 Å². The molecular formula is C15H22N2O3. The summed E-state index contributed by atoms with van der Waals surface area (Å²) >= 11 is 0. The number of likely N-dealkylation sites (tertiary alicyclic amines) is 1. The molecule has 0 bridgehead atoms. The van der Waals surface area contributed by atoms with Gasteiger partial charge in [0.1, 0.15) is 0 Å². The molecule has 0 aliphatic carbocycles. The number of benzene rings is 1. The topological polar surface area (TPSA) is 61.8 Å². The standard InChI is InChI=1S/C15H22N2O3/c1-2-20-15(19)17-9-8-13(14(18)11-17)16-10-12-6-4-3-5-7-12/h3-7,13-14,16,18H,2,8-11H2,1H3/t13-,14-/m1/s1. The molecule has 1 aliphatic heterocycles. The van der Waals surface area contributed by atoms with E-state index in [1.54, 1.807) is 11.8 Å². The van der Waals surface area contributed by atoms with E-state index < -0.39 is 6.10 Å². The van der Waals surface area contributed by atoms with Crippen LogP contribution in [0, 0.1) is 0 Å². The van der Waals surface area contributed by atoms with Crippen LogP contribution < -0.4 is 5.32 Å². The quantitative estimate of drug-likeness (QED) is 0.873. The van der Waals surface area contributed by atoms with E-state index in [9.17, 15) is 9.90 Å². The van der Waals surface area contributed by atoms with Crippen molar-refractivity contribution in [3.63, 3.8) is 0 Å². The molecule has 0 spiro atoms. The molecule has 0 saturated carbocycles. The van der Waals surface area contributed by atoms with Crippen LogP contribution in [-0.2, 0) is 11.3 Å². The monoisotopic (exact) mass is 278 g/mol. The Morgan fingerprint density at radius 1 is 1.45 bits per heavy atom. The molecule has 1 amide bonds. The Kier molecular flexibility index (Phi) is 5.38. The van der Waals surface area contributed by atoms with Gasteiger partial charge in [0.15, 0.2) is 0 Å². The molecule has 5 nitrogen and oxygen atoms in total. The van der Waals surface area contributed by atoms with Gasteiger partial charge >= 0.3 is 6.09 Å². The number of aliphatic hydroxyl groups is 1. The van der Waals surface area contributed by atoms with Crippen LogP contribution in [0.15, 0.2) is 30.3 Å². The number of hydrogen-bond acceptors (Lipinski definition) is 4. The van der Waals surface area contributed by atoms with Gasteiger partial charge in [-0.05, 0) is 18.9 Å². The SMILES string of the molecule is CCOC(=O)N1CC[C@@H](NCc2ccccc2)[C@H](O)C1. The minimum absolute atomic E-state index is 0.0147. The summed E-state index contributed by atoms with van der Waals surface area (Å²) in [6, 6.07) is 10.1. The van der Waals surface area contributed by atoms with E-state index in [1.807, 2.05) is 30.3 Å². The first-order valence-electron chi connectivity index (χ1n) is 7.07. The van der Waals surface area contributed by atoms with Crippen molar-refractivity contribution in [2.24, 2.45) is 0 Å². The molecule has 1 aromatic carbocycles. The molecule has 1 aromatic rings. The third kappa shape index (κ3) is 3.95. The van der Waals surface area contributed by atoms with Crippen molar-refractivity contribution < 1.29 is 14.6 Å². The predicted molar refractivity (Wildman–Crippen MR) is 76.3 cm³/mol. The van der Waals surface area contributed by atoms with Crippen molar-refractivity contribution in [3.05, 3.63) is 35.9 Å². The molecule has 1 saturated heterocycles. The largest absolute Gasteiger partial charge is 0.450 e. The molecule has 2 N–H and O–H groups in total. The van der Waals surface area contributed by atoms with Gasteiger partial charge in [0.2, 0.25) is 0 Å². The van der Waals surface area contributed by atoms with Crippen molar-refractivity contribution in [1.29, 1.82) is 0 Å². The summed E-state index contributed by atoms with van der Waals surface area (Å²) in [7, 11) is 0. The fourth-order valence-electron chi connectivity index (χ4n) is 2.40. The maximum absolute atomic E-state index is 11.6. The van der Waals surface area contributed by atoms with Crippen LogP contribution in [0.1, 0.15) is 18.9 Å². The second kappa shape index (κ2) is 7.26. The Bertz CT molecular complexity index is 424. The molecule has 1 aliphatic rings. The van der Waals surface area contributed by atoms with E-state index in [0.29, 0.717) is 19.7 Å². The number of nitrogens with zero attached hydrogens (tertiary/aromatic N) is 1. The van der Waals surface area contributed by atoms with E-state index in [2.05, 4.69) is 5.32 Å². The predicted octanol–water partition coefficient (Wildman–Crippen LogP) is 1.37. The molecule has 5 heteroatoms. The zero-order chi connectivity index (χ0) is 14.4. The minimum Gasteiger partial charge on any atom is -0.450 e. The summed E-state index contributed by atoms with van der Waals surface area (Å²) in [5.74, 6) is 0. The Labute approximate surface area is 119 Å². The molecule has 1 fully saturated rings. The first-order valence-corrected chi connectivity index (χ1v) is 7.07. The second-order valence-corrected chi connectivity index (χ2v) is 4.97. The highest BCUT2D eigenvalue weighted by atomic mass is 16.6. The van der Waals surface area contributed by atoms with Crippen LogP contribution >= 0.6 is 0 Å². The second-order valence-electron chi connectivity index (χ2n) is 4.97. The van der Waals surface area contributed by atoms with Crippen LogP contribution in [0.4, 0.5) is 4.79 Å². The molecule has 0 aromatic heterocycles. The highest BCUT2D eigenvalue weighted by Crippen LogP contribution is 2.13. The summed E-state index contributed by atoms with van der Waals surface area (Å²) in [6.07, 6.45) is -0.169. The number of carbonyl (C=O) groups is 1. The number of β-amino-alcohol motifs (C(OH)–C–C–N with tert-alkyl or cyclic N) is 1. The van der Waals surface area contributed by atoms with Crippen molar-refractivity contribution in [1.82, 2.24) is 10.2 Å². The number of rotatable bonds is 4. The summed E-state index contributed by atoms with van der Waals surface area (Å²) in [4.78, 5) is 13.2. The van der Waals surface area contributed by atoms with Gasteiger partial charge < -0.3 is 20.1 Å². The average Bonchev–Trinajstić information content (AvgIpc) is 2.47. The van der Waals surface area contributed by atoms with Crippen LogP contribution in [0.2, 0.25) is 0 Å². The van der Waals surface area contributed by atoms with E-state index in [0.717, 1.165) is 13.0 Å². The molecule has 0 unspecified atom stereocenters. The molecule has 2 rings (SSSR count). The number of amides is 1. The maximum atomic E-state index is 11.6. The lowest BCUT2D eigenvalue weighted by Crippen LogP contribution is -2.54. The smallest absolute Gasteiger partial charge is 0.409 e. The summed E-state index contributed by atoms with van der Waals surface area (Å²) in [5, 5.41) is 13.5. The summed E-state index contributed by atoms with van der Waals surface area (Å²) < 4.78 is 4.95. The van der Waals surface area contributed by atoms with E-state index in [4.69, 9.17) is 4.74 Å². The Balaban J connectivity index is 1.80.